The predicted molar refractivity (Wildman–Crippen MR) is 63.9 cm³/mol. The van der Waals surface area contributed by atoms with E-state index in [2.05, 4.69) is 26.2 Å². The Balaban J connectivity index is 2.65. The summed E-state index contributed by atoms with van der Waals surface area (Å²) in [6.45, 7) is 5.27. The maximum absolute atomic E-state index is 11.6. The highest BCUT2D eigenvalue weighted by Gasteiger charge is 2.09. The molecule has 0 saturated heterocycles. The second-order valence-electron chi connectivity index (χ2n) is 2.95. The quantitative estimate of drug-likeness (QED) is 0.860. The summed E-state index contributed by atoms with van der Waals surface area (Å²) in [5.74, 6) is 0.557. The van der Waals surface area contributed by atoms with Crippen molar-refractivity contribution in [2.24, 2.45) is 0 Å². The second kappa shape index (κ2) is 5.70. The van der Waals surface area contributed by atoms with Crippen molar-refractivity contribution >= 4 is 27.8 Å². The van der Waals surface area contributed by atoms with Crippen molar-refractivity contribution in [1.29, 1.82) is 0 Å². The van der Waals surface area contributed by atoms with Crippen LogP contribution in [0.3, 0.4) is 0 Å². The maximum Gasteiger partial charge on any atom is 0.322 e. The predicted octanol–water partition coefficient (Wildman–Crippen LogP) is 2.72. The van der Waals surface area contributed by atoms with Crippen LogP contribution in [0.4, 0.5) is 10.6 Å². The normalized spacial score (nSPS) is 9.80. The van der Waals surface area contributed by atoms with Crippen molar-refractivity contribution in [3.63, 3.8) is 0 Å². The fraction of sp³-hybridized carbons (Fsp3) is 0.400. The molecule has 0 bridgehead atoms. The van der Waals surface area contributed by atoms with Gasteiger partial charge in [-0.25, -0.2) is 9.78 Å². The molecule has 1 N–H and O–H groups in total. The Hall–Kier alpha value is -1.10. The molecule has 0 saturated carbocycles. The number of hydrogen-bond donors (Lipinski definition) is 1. The van der Waals surface area contributed by atoms with Gasteiger partial charge in [-0.3, -0.25) is 5.32 Å². The molecular formula is C10H14BrN3O. The lowest BCUT2D eigenvalue weighted by Gasteiger charge is -2.18. The van der Waals surface area contributed by atoms with Crippen molar-refractivity contribution < 1.29 is 4.79 Å². The van der Waals surface area contributed by atoms with Gasteiger partial charge < -0.3 is 4.90 Å². The number of hydrogen-bond acceptors (Lipinski definition) is 2. The van der Waals surface area contributed by atoms with Crippen LogP contribution in [0.25, 0.3) is 0 Å². The molecule has 2 amide bonds. The lowest BCUT2D eigenvalue weighted by atomic mass is 10.4. The summed E-state index contributed by atoms with van der Waals surface area (Å²) in [6, 6.07) is 5.28. The molecule has 0 aliphatic carbocycles. The van der Waals surface area contributed by atoms with Crippen LogP contribution >= 0.6 is 15.9 Å². The van der Waals surface area contributed by atoms with Gasteiger partial charge in [0.15, 0.2) is 0 Å². The highest BCUT2D eigenvalue weighted by atomic mass is 79.9. The zero-order valence-electron chi connectivity index (χ0n) is 8.83. The largest absolute Gasteiger partial charge is 0.325 e. The molecule has 0 atom stereocenters. The first kappa shape index (κ1) is 12.0. The molecule has 0 radical (unpaired) electrons. The summed E-state index contributed by atoms with van der Waals surface area (Å²) in [6.07, 6.45) is 0. The molecule has 0 fully saturated rings. The van der Waals surface area contributed by atoms with Crippen LogP contribution in [-0.4, -0.2) is 29.0 Å². The summed E-state index contributed by atoms with van der Waals surface area (Å²) in [4.78, 5) is 17.5. The number of carbonyl (C=O) groups is 1. The van der Waals surface area contributed by atoms with Crippen molar-refractivity contribution in [3.05, 3.63) is 22.8 Å². The third kappa shape index (κ3) is 3.51. The van der Waals surface area contributed by atoms with E-state index >= 15 is 0 Å². The van der Waals surface area contributed by atoms with Crippen molar-refractivity contribution in [3.8, 4) is 0 Å². The van der Waals surface area contributed by atoms with Gasteiger partial charge in [-0.2, -0.15) is 0 Å². The molecule has 5 heteroatoms. The zero-order chi connectivity index (χ0) is 11.3. The molecule has 82 valence electrons. The van der Waals surface area contributed by atoms with Crippen LogP contribution in [-0.2, 0) is 0 Å². The maximum atomic E-state index is 11.6. The Morgan fingerprint density at radius 3 is 2.67 bits per heavy atom. The lowest BCUT2D eigenvalue weighted by Crippen LogP contribution is -2.34. The number of halogens is 1. The minimum Gasteiger partial charge on any atom is -0.325 e. The van der Waals surface area contributed by atoms with Gasteiger partial charge in [0.25, 0.3) is 0 Å². The van der Waals surface area contributed by atoms with Crippen molar-refractivity contribution in [1.82, 2.24) is 9.88 Å². The Kier molecular flexibility index (Phi) is 4.55. The van der Waals surface area contributed by atoms with Gasteiger partial charge >= 0.3 is 6.03 Å². The smallest absolute Gasteiger partial charge is 0.322 e. The van der Waals surface area contributed by atoms with E-state index in [1.54, 1.807) is 11.0 Å². The zero-order valence-corrected chi connectivity index (χ0v) is 10.4. The molecule has 0 aliphatic rings. The Morgan fingerprint density at radius 1 is 1.47 bits per heavy atom. The third-order valence-electron chi connectivity index (χ3n) is 2.00. The number of aromatic nitrogens is 1. The van der Waals surface area contributed by atoms with Crippen molar-refractivity contribution in [2.75, 3.05) is 18.4 Å². The first-order valence-electron chi connectivity index (χ1n) is 4.85. The molecule has 4 nitrogen and oxygen atoms in total. The van der Waals surface area contributed by atoms with E-state index in [-0.39, 0.29) is 6.03 Å². The Morgan fingerprint density at radius 2 is 2.13 bits per heavy atom. The lowest BCUT2D eigenvalue weighted by molar-refractivity contribution is 0.217. The van der Waals surface area contributed by atoms with Gasteiger partial charge in [0.2, 0.25) is 0 Å². The van der Waals surface area contributed by atoms with Crippen LogP contribution in [0, 0.1) is 0 Å². The average Bonchev–Trinajstić information content (AvgIpc) is 2.19. The number of amides is 2. The van der Waals surface area contributed by atoms with E-state index in [9.17, 15) is 4.79 Å². The highest BCUT2D eigenvalue weighted by molar-refractivity contribution is 9.10. The van der Waals surface area contributed by atoms with E-state index in [0.29, 0.717) is 23.5 Å². The Bertz CT molecular complexity index is 339. The van der Waals surface area contributed by atoms with Crippen molar-refractivity contribution in [2.45, 2.75) is 13.8 Å². The number of carbonyl (C=O) groups excluding carboxylic acids is 1. The Labute approximate surface area is 97.8 Å². The van der Waals surface area contributed by atoms with Gasteiger partial charge in [-0.05, 0) is 41.9 Å². The van der Waals surface area contributed by atoms with E-state index in [0.717, 1.165) is 0 Å². The van der Waals surface area contributed by atoms with E-state index in [1.807, 2.05) is 26.0 Å². The highest BCUT2D eigenvalue weighted by Crippen LogP contribution is 2.10. The molecule has 0 aliphatic heterocycles. The molecular weight excluding hydrogens is 258 g/mol. The number of anilines is 1. The summed E-state index contributed by atoms with van der Waals surface area (Å²) in [5.41, 5.74) is 0. The fourth-order valence-corrected chi connectivity index (χ4v) is 1.52. The standard InChI is InChI=1S/C10H14BrN3O/c1-3-14(4-2)10(15)13-9-7-5-6-8(11)12-9/h5-7H,3-4H2,1-2H3,(H,12,13,15). The number of nitrogens with one attached hydrogen (secondary N) is 1. The van der Waals surface area contributed by atoms with Gasteiger partial charge in [-0.1, -0.05) is 6.07 Å². The number of pyridine rings is 1. The summed E-state index contributed by atoms with van der Waals surface area (Å²) < 4.78 is 0.708. The molecule has 1 aromatic heterocycles. The molecule has 15 heavy (non-hydrogen) atoms. The van der Waals surface area contributed by atoms with Gasteiger partial charge in [0.05, 0.1) is 0 Å². The number of urea groups is 1. The van der Waals surface area contributed by atoms with E-state index in [4.69, 9.17) is 0 Å². The number of nitrogens with zero attached hydrogens (tertiary/aromatic N) is 2. The molecule has 0 aromatic carbocycles. The first-order valence-corrected chi connectivity index (χ1v) is 5.65. The molecule has 1 heterocycles. The number of rotatable bonds is 3. The molecule has 0 spiro atoms. The summed E-state index contributed by atoms with van der Waals surface area (Å²) >= 11 is 3.25. The van der Waals surface area contributed by atoms with Gasteiger partial charge in [-0.15, -0.1) is 0 Å². The minimum atomic E-state index is -0.120. The average molecular weight is 272 g/mol. The van der Waals surface area contributed by atoms with E-state index in [1.165, 1.54) is 0 Å². The summed E-state index contributed by atoms with van der Waals surface area (Å²) in [5, 5.41) is 2.73. The van der Waals surface area contributed by atoms with Crippen LogP contribution in [0.1, 0.15) is 13.8 Å². The third-order valence-corrected chi connectivity index (χ3v) is 2.44. The van der Waals surface area contributed by atoms with Crippen LogP contribution < -0.4 is 5.32 Å². The van der Waals surface area contributed by atoms with Crippen LogP contribution in [0.2, 0.25) is 0 Å². The first-order chi connectivity index (χ1) is 7.17. The van der Waals surface area contributed by atoms with Gasteiger partial charge in [0.1, 0.15) is 10.4 Å². The SMILES string of the molecule is CCN(CC)C(=O)Nc1cccc(Br)n1. The van der Waals surface area contributed by atoms with E-state index < -0.39 is 0 Å². The van der Waals surface area contributed by atoms with Crippen LogP contribution in [0.15, 0.2) is 22.8 Å². The summed E-state index contributed by atoms with van der Waals surface area (Å²) in [7, 11) is 0. The molecule has 1 rings (SSSR count). The second-order valence-corrected chi connectivity index (χ2v) is 3.76. The van der Waals surface area contributed by atoms with Crippen LogP contribution in [0.5, 0.6) is 0 Å². The topological polar surface area (TPSA) is 45.2 Å². The fourth-order valence-electron chi connectivity index (χ4n) is 1.18. The molecule has 0 unspecified atom stereocenters. The monoisotopic (exact) mass is 271 g/mol. The molecule has 1 aromatic rings. The van der Waals surface area contributed by atoms with Gasteiger partial charge in [0, 0.05) is 13.1 Å². The minimum absolute atomic E-state index is 0.120.